The molecule has 54 valence electrons. The van der Waals surface area contributed by atoms with E-state index < -0.39 is 15.5 Å². The molecule has 0 amide bonds. The van der Waals surface area contributed by atoms with Crippen molar-refractivity contribution in [1.29, 1.82) is 0 Å². The molecule has 0 spiro atoms. The fourth-order valence-corrected chi connectivity index (χ4v) is 0.445. The van der Waals surface area contributed by atoms with Crippen molar-refractivity contribution in [2.75, 3.05) is 0 Å². The molecule has 3 nitrogen and oxygen atoms in total. The number of nitrogens with two attached hydrogens (primary N) is 1. The smallest absolute Gasteiger partial charge is 0.226 e. The van der Waals surface area contributed by atoms with Gasteiger partial charge in [-0.1, -0.05) is 0 Å². The predicted molar refractivity (Wildman–Crippen MR) is 28.3 cm³/mol. The van der Waals surface area contributed by atoms with Gasteiger partial charge in [-0.05, 0) is 6.08 Å². The van der Waals surface area contributed by atoms with Gasteiger partial charge >= 0.3 is 0 Å². The van der Waals surface area contributed by atoms with E-state index in [0.29, 0.717) is 0 Å². The highest BCUT2D eigenvalue weighted by Crippen LogP contribution is 1.98. The van der Waals surface area contributed by atoms with Gasteiger partial charge in [0.1, 0.15) is 0 Å². The number of hydrogen-bond acceptors (Lipinski definition) is 2. The second kappa shape index (κ2) is 2.88. The third-order valence-corrected chi connectivity index (χ3v) is 1.32. The number of sulfonamides is 1. The Morgan fingerprint density at radius 3 is 2.11 bits per heavy atom. The Morgan fingerprint density at radius 1 is 1.56 bits per heavy atom. The highest BCUT2D eigenvalue weighted by Gasteiger charge is 2.15. The van der Waals surface area contributed by atoms with Crippen LogP contribution in [0.1, 0.15) is 0 Å². The van der Waals surface area contributed by atoms with Crippen molar-refractivity contribution in [3.8, 4) is 0 Å². The normalized spacial score (nSPS) is 16.3. The minimum absolute atomic E-state index is 0.204. The van der Waals surface area contributed by atoms with E-state index in [1.807, 2.05) is 0 Å². The lowest BCUT2D eigenvalue weighted by molar-refractivity contribution is 0.470. The molecule has 0 aromatic heterocycles. The van der Waals surface area contributed by atoms with E-state index in [1.165, 1.54) is 0 Å². The van der Waals surface area contributed by atoms with Gasteiger partial charge in [0.25, 0.3) is 0 Å². The van der Waals surface area contributed by atoms with Crippen molar-refractivity contribution in [2.24, 2.45) is 5.14 Å². The monoisotopic (exact) mass is 157 g/mol. The van der Waals surface area contributed by atoms with Crippen LogP contribution >= 0.6 is 0 Å². The fourth-order valence-electron chi connectivity index (χ4n) is 0.167. The first-order valence-corrected chi connectivity index (χ1v) is 3.52. The molecule has 0 rings (SSSR count). The molecule has 2 N–H and O–H groups in total. The summed E-state index contributed by atoms with van der Waals surface area (Å²) < 4.78 is 42.7. The van der Waals surface area contributed by atoms with Crippen molar-refractivity contribution in [2.45, 2.75) is 5.50 Å². The van der Waals surface area contributed by atoms with Crippen LogP contribution in [0.4, 0.5) is 8.78 Å². The second-order valence-corrected chi connectivity index (χ2v) is 2.89. The Kier molecular flexibility index (Phi) is 2.72. The summed E-state index contributed by atoms with van der Waals surface area (Å²) in [6.45, 7) is 0. The molecule has 1 atom stereocenters. The van der Waals surface area contributed by atoms with Crippen LogP contribution in [0, 0.1) is 0 Å². The summed E-state index contributed by atoms with van der Waals surface area (Å²) in [6.07, 6.45) is -0.00951. The van der Waals surface area contributed by atoms with Crippen LogP contribution in [0.5, 0.6) is 0 Å². The highest BCUT2D eigenvalue weighted by atomic mass is 32.2. The summed E-state index contributed by atoms with van der Waals surface area (Å²) in [6, 6.07) is 0. The largest absolute Gasteiger partial charge is 0.245 e. The lowest BCUT2D eigenvalue weighted by Crippen LogP contribution is -2.22. The van der Waals surface area contributed by atoms with E-state index in [-0.39, 0.29) is 12.4 Å². The van der Waals surface area contributed by atoms with E-state index in [9.17, 15) is 17.2 Å². The van der Waals surface area contributed by atoms with Crippen LogP contribution in [-0.4, -0.2) is 13.9 Å². The average molecular weight is 157 g/mol. The molecule has 1 unspecified atom stereocenters. The van der Waals surface area contributed by atoms with Gasteiger partial charge in [0.05, 0.1) is 6.33 Å². The van der Waals surface area contributed by atoms with Gasteiger partial charge in [-0.25, -0.2) is 22.3 Å². The van der Waals surface area contributed by atoms with Gasteiger partial charge in [0.15, 0.2) is 0 Å². The van der Waals surface area contributed by atoms with Gasteiger partial charge < -0.3 is 0 Å². The summed E-state index contributed by atoms with van der Waals surface area (Å²) >= 11 is 0. The molecule has 0 heterocycles. The second-order valence-electron chi connectivity index (χ2n) is 1.26. The first-order valence-electron chi connectivity index (χ1n) is 1.91. The number of rotatable bonds is 2. The first kappa shape index (κ1) is 8.51. The molecule has 0 radical (unpaired) electrons. The Morgan fingerprint density at radius 2 is 2.00 bits per heavy atom. The maximum atomic E-state index is 11.9. The van der Waals surface area contributed by atoms with Crippen LogP contribution in [-0.2, 0) is 10.0 Å². The lowest BCUT2D eigenvalue weighted by atomic mass is 10.7. The summed E-state index contributed by atoms with van der Waals surface area (Å²) in [5.41, 5.74) is -2.44. The molecular weight excluding hydrogens is 152 g/mol. The number of hydrogen-bond donors (Lipinski definition) is 1. The van der Waals surface area contributed by atoms with Gasteiger partial charge in [-0.15, -0.1) is 0 Å². The first-order chi connectivity index (χ1) is 3.98. The van der Waals surface area contributed by atoms with E-state index in [1.54, 1.807) is 0 Å². The molecule has 0 saturated heterocycles. The summed E-state index contributed by atoms with van der Waals surface area (Å²) in [7, 11) is -4.26. The lowest BCUT2D eigenvalue weighted by Gasteiger charge is -1.94. The molecule has 0 fully saturated rings. The standard InChI is InChI=1S/C3H5F2NO2S/c4-2-1-3(5)9(6,7)8/h1-3H,(H2,6,7,8). The van der Waals surface area contributed by atoms with Crippen LogP contribution in [0.3, 0.4) is 0 Å². The maximum Gasteiger partial charge on any atom is 0.245 e. The molecule has 0 aliphatic rings. The zero-order chi connectivity index (χ0) is 7.49. The van der Waals surface area contributed by atoms with Crippen molar-refractivity contribution < 1.29 is 17.2 Å². The van der Waals surface area contributed by atoms with E-state index >= 15 is 0 Å². The van der Waals surface area contributed by atoms with Gasteiger partial charge in [-0.3, -0.25) is 0 Å². The molecule has 0 saturated carbocycles. The molecule has 0 aliphatic heterocycles. The third kappa shape index (κ3) is 3.15. The van der Waals surface area contributed by atoms with Crippen molar-refractivity contribution in [3.05, 3.63) is 12.4 Å². The topological polar surface area (TPSA) is 60.2 Å². The van der Waals surface area contributed by atoms with Crippen LogP contribution in [0.15, 0.2) is 12.4 Å². The number of alkyl halides is 1. The Labute approximate surface area is 51.2 Å². The minimum atomic E-state index is -4.26. The molecule has 0 bridgehead atoms. The SMILES string of the molecule is NS(=O)(=O)C(F)C=CF. The maximum absolute atomic E-state index is 11.9. The molecule has 0 aromatic carbocycles. The quantitative estimate of drug-likeness (QED) is 0.615. The summed E-state index contributed by atoms with van der Waals surface area (Å²) in [5, 5.41) is 4.24. The molecule has 9 heavy (non-hydrogen) atoms. The van der Waals surface area contributed by atoms with E-state index in [2.05, 4.69) is 5.14 Å². The zero-order valence-corrected chi connectivity index (χ0v) is 5.11. The van der Waals surface area contributed by atoms with Crippen molar-refractivity contribution in [3.63, 3.8) is 0 Å². The van der Waals surface area contributed by atoms with Gasteiger partial charge in [0, 0.05) is 0 Å². The van der Waals surface area contributed by atoms with Gasteiger partial charge in [-0.2, -0.15) is 0 Å². The predicted octanol–water partition coefficient (Wildman–Crippen LogP) is 0.0537. The highest BCUT2D eigenvalue weighted by molar-refractivity contribution is 7.89. The Balaban J connectivity index is 4.24. The van der Waals surface area contributed by atoms with Gasteiger partial charge in [0.2, 0.25) is 15.5 Å². The Bertz CT molecular complexity index is 198. The minimum Gasteiger partial charge on any atom is -0.226 e. The molecule has 0 aromatic rings. The number of primary sulfonamides is 1. The molecule has 0 aliphatic carbocycles. The zero-order valence-electron chi connectivity index (χ0n) is 4.29. The summed E-state index contributed by atoms with van der Waals surface area (Å²) in [4.78, 5) is 0. The Hall–Kier alpha value is -0.490. The summed E-state index contributed by atoms with van der Waals surface area (Å²) in [5.74, 6) is 0. The van der Waals surface area contributed by atoms with Crippen molar-refractivity contribution >= 4 is 10.0 Å². The fraction of sp³-hybridized carbons (Fsp3) is 0.333. The van der Waals surface area contributed by atoms with Crippen molar-refractivity contribution in [1.82, 2.24) is 0 Å². The third-order valence-electron chi connectivity index (χ3n) is 0.538. The van der Waals surface area contributed by atoms with Crippen LogP contribution in [0.2, 0.25) is 0 Å². The van der Waals surface area contributed by atoms with E-state index in [4.69, 9.17) is 0 Å². The number of halogens is 2. The van der Waals surface area contributed by atoms with Crippen LogP contribution < -0.4 is 5.14 Å². The van der Waals surface area contributed by atoms with Crippen LogP contribution in [0.25, 0.3) is 0 Å². The molecule has 6 heteroatoms. The molecular formula is C3H5F2NO2S. The van der Waals surface area contributed by atoms with E-state index in [0.717, 1.165) is 0 Å². The average Bonchev–Trinajstić information content (AvgIpc) is 1.64.